The normalized spacial score (nSPS) is 10.2. The number of hydrogen-bond donors (Lipinski definition) is 1. The highest BCUT2D eigenvalue weighted by atomic mass is 16.5. The van der Waals surface area contributed by atoms with Gasteiger partial charge in [0.15, 0.2) is 0 Å². The number of benzene rings is 1. The summed E-state index contributed by atoms with van der Waals surface area (Å²) in [5.41, 5.74) is 2.19. The molecule has 0 fully saturated rings. The highest BCUT2D eigenvalue weighted by Crippen LogP contribution is 2.20. The molecule has 1 aromatic carbocycles. The minimum atomic E-state index is -1.00. The van der Waals surface area contributed by atoms with Gasteiger partial charge in [-0.05, 0) is 38.0 Å². The van der Waals surface area contributed by atoms with Gasteiger partial charge in [-0.1, -0.05) is 12.1 Å². The first-order valence-corrected chi connectivity index (χ1v) is 6.64. The Balaban J connectivity index is 2.49. The van der Waals surface area contributed by atoms with Gasteiger partial charge >= 0.3 is 5.97 Å². The van der Waals surface area contributed by atoms with E-state index in [1.807, 2.05) is 32.0 Å². The van der Waals surface area contributed by atoms with Gasteiger partial charge < -0.3 is 14.7 Å². The van der Waals surface area contributed by atoms with Crippen LogP contribution in [0, 0.1) is 13.8 Å². The fraction of sp³-hybridized carbons (Fsp3) is 0.467. The van der Waals surface area contributed by atoms with Crippen LogP contribution in [0.1, 0.15) is 24.5 Å². The summed E-state index contributed by atoms with van der Waals surface area (Å²) in [6.07, 6.45) is 0.175. The van der Waals surface area contributed by atoms with Crippen molar-refractivity contribution < 1.29 is 19.4 Å². The van der Waals surface area contributed by atoms with Crippen LogP contribution in [-0.2, 0) is 9.59 Å². The van der Waals surface area contributed by atoms with Crippen molar-refractivity contribution in [2.24, 2.45) is 0 Å². The third kappa shape index (κ3) is 4.57. The van der Waals surface area contributed by atoms with Crippen LogP contribution < -0.4 is 4.74 Å². The minimum absolute atomic E-state index is 0.175. The maximum Gasteiger partial charge on any atom is 0.323 e. The molecule has 1 aromatic rings. The van der Waals surface area contributed by atoms with E-state index in [-0.39, 0.29) is 25.5 Å². The van der Waals surface area contributed by atoms with Crippen molar-refractivity contribution in [3.8, 4) is 5.75 Å². The van der Waals surface area contributed by atoms with Crippen LogP contribution in [0.2, 0.25) is 0 Å². The molecule has 0 aliphatic carbocycles. The van der Waals surface area contributed by atoms with Gasteiger partial charge in [-0.25, -0.2) is 0 Å². The lowest BCUT2D eigenvalue weighted by Crippen LogP contribution is -2.36. The number of carbonyl (C=O) groups is 2. The molecule has 110 valence electrons. The van der Waals surface area contributed by atoms with E-state index in [1.165, 1.54) is 4.90 Å². The number of rotatable bonds is 7. The fourth-order valence-electron chi connectivity index (χ4n) is 1.83. The predicted molar refractivity (Wildman–Crippen MR) is 75.9 cm³/mol. The lowest BCUT2D eigenvalue weighted by atomic mass is 10.1. The van der Waals surface area contributed by atoms with Crippen molar-refractivity contribution in [3.63, 3.8) is 0 Å². The number of carboxylic acids is 1. The molecule has 5 nitrogen and oxygen atoms in total. The van der Waals surface area contributed by atoms with Crippen LogP contribution in [0.15, 0.2) is 18.2 Å². The van der Waals surface area contributed by atoms with Crippen molar-refractivity contribution in [3.05, 3.63) is 29.3 Å². The summed E-state index contributed by atoms with van der Waals surface area (Å²) in [6, 6.07) is 5.77. The summed E-state index contributed by atoms with van der Waals surface area (Å²) >= 11 is 0. The summed E-state index contributed by atoms with van der Waals surface area (Å²) in [7, 11) is 0. The van der Waals surface area contributed by atoms with Gasteiger partial charge in [0.05, 0.1) is 13.0 Å². The van der Waals surface area contributed by atoms with E-state index in [9.17, 15) is 9.59 Å². The SMILES string of the molecule is CCN(CC(=O)O)C(=O)CCOc1cccc(C)c1C. The third-order valence-corrected chi connectivity index (χ3v) is 3.19. The lowest BCUT2D eigenvalue weighted by Gasteiger charge is -2.18. The van der Waals surface area contributed by atoms with E-state index in [1.54, 1.807) is 6.92 Å². The zero-order valence-corrected chi connectivity index (χ0v) is 12.2. The van der Waals surface area contributed by atoms with E-state index in [0.717, 1.165) is 16.9 Å². The lowest BCUT2D eigenvalue weighted by molar-refractivity contribution is -0.144. The van der Waals surface area contributed by atoms with Crippen LogP contribution in [0.5, 0.6) is 5.75 Å². The Hall–Kier alpha value is -2.04. The number of amides is 1. The maximum atomic E-state index is 11.8. The standard InChI is InChI=1S/C15H21NO4/c1-4-16(10-15(18)19)14(17)8-9-20-13-7-5-6-11(2)12(13)3/h5-7H,4,8-10H2,1-3H3,(H,18,19). The minimum Gasteiger partial charge on any atom is -0.493 e. The average molecular weight is 279 g/mol. The first kappa shape index (κ1) is 16.0. The Labute approximate surface area is 119 Å². The van der Waals surface area contributed by atoms with Gasteiger partial charge in [0.1, 0.15) is 12.3 Å². The Bertz CT molecular complexity index is 485. The van der Waals surface area contributed by atoms with E-state index in [4.69, 9.17) is 9.84 Å². The first-order chi connectivity index (χ1) is 9.45. The topological polar surface area (TPSA) is 66.8 Å². The molecule has 0 unspecified atom stereocenters. The van der Waals surface area contributed by atoms with E-state index in [2.05, 4.69) is 0 Å². The Kier molecular flexibility index (Phi) is 6.03. The zero-order chi connectivity index (χ0) is 15.1. The van der Waals surface area contributed by atoms with E-state index >= 15 is 0 Å². The second-order valence-electron chi connectivity index (χ2n) is 4.60. The molecule has 1 amide bonds. The number of ether oxygens (including phenoxy) is 1. The zero-order valence-electron chi connectivity index (χ0n) is 12.2. The summed E-state index contributed by atoms with van der Waals surface area (Å²) in [6.45, 7) is 6.09. The smallest absolute Gasteiger partial charge is 0.323 e. The van der Waals surface area contributed by atoms with Crippen molar-refractivity contribution in [1.29, 1.82) is 0 Å². The van der Waals surface area contributed by atoms with Crippen LogP contribution in [-0.4, -0.2) is 41.6 Å². The molecule has 0 atom stereocenters. The second kappa shape index (κ2) is 7.53. The van der Waals surface area contributed by atoms with E-state index in [0.29, 0.717) is 6.54 Å². The molecule has 1 N–H and O–H groups in total. The van der Waals surface area contributed by atoms with Crippen molar-refractivity contribution in [2.75, 3.05) is 19.7 Å². The molecule has 0 heterocycles. The Morgan fingerprint density at radius 2 is 2.00 bits per heavy atom. The quantitative estimate of drug-likeness (QED) is 0.829. The highest BCUT2D eigenvalue weighted by Gasteiger charge is 2.14. The maximum absolute atomic E-state index is 11.8. The number of aryl methyl sites for hydroxylation is 1. The van der Waals surface area contributed by atoms with Gasteiger partial charge in [0.2, 0.25) is 5.91 Å². The number of carboxylic acid groups (broad SMARTS) is 1. The molecule has 0 spiro atoms. The number of nitrogens with zero attached hydrogens (tertiary/aromatic N) is 1. The van der Waals surface area contributed by atoms with Gasteiger partial charge in [-0.15, -0.1) is 0 Å². The molecule has 0 bridgehead atoms. The van der Waals surface area contributed by atoms with Gasteiger partial charge in [0.25, 0.3) is 0 Å². The average Bonchev–Trinajstić information content (AvgIpc) is 2.40. The monoisotopic (exact) mass is 279 g/mol. The molecule has 5 heteroatoms. The van der Waals surface area contributed by atoms with Crippen LogP contribution in [0.25, 0.3) is 0 Å². The van der Waals surface area contributed by atoms with Crippen molar-refractivity contribution >= 4 is 11.9 Å². The predicted octanol–water partition coefficient (Wildman–Crippen LogP) is 2.01. The molecular formula is C15H21NO4. The number of aliphatic carboxylic acids is 1. The Morgan fingerprint density at radius 1 is 1.30 bits per heavy atom. The largest absolute Gasteiger partial charge is 0.493 e. The summed E-state index contributed by atoms with van der Waals surface area (Å²) < 4.78 is 5.59. The summed E-state index contributed by atoms with van der Waals surface area (Å²) in [5.74, 6) is -0.449. The van der Waals surface area contributed by atoms with Crippen LogP contribution in [0.4, 0.5) is 0 Å². The van der Waals surface area contributed by atoms with Crippen LogP contribution in [0.3, 0.4) is 0 Å². The summed E-state index contributed by atoms with van der Waals surface area (Å²) in [5, 5.41) is 8.71. The fourth-order valence-corrected chi connectivity index (χ4v) is 1.83. The molecular weight excluding hydrogens is 258 g/mol. The number of hydrogen-bond acceptors (Lipinski definition) is 3. The highest BCUT2D eigenvalue weighted by molar-refractivity contribution is 5.81. The molecule has 0 saturated heterocycles. The summed E-state index contributed by atoms with van der Waals surface area (Å²) in [4.78, 5) is 23.8. The second-order valence-corrected chi connectivity index (χ2v) is 4.60. The molecule has 20 heavy (non-hydrogen) atoms. The third-order valence-electron chi connectivity index (χ3n) is 3.19. The molecule has 0 saturated carbocycles. The molecule has 0 aromatic heterocycles. The van der Waals surface area contributed by atoms with Gasteiger partial charge in [-0.3, -0.25) is 9.59 Å². The van der Waals surface area contributed by atoms with Gasteiger partial charge in [-0.2, -0.15) is 0 Å². The van der Waals surface area contributed by atoms with Crippen molar-refractivity contribution in [1.82, 2.24) is 4.90 Å². The molecule has 0 aliphatic heterocycles. The molecule has 0 aliphatic rings. The first-order valence-electron chi connectivity index (χ1n) is 6.64. The number of likely N-dealkylation sites (N-methyl/N-ethyl adjacent to an activating group) is 1. The van der Waals surface area contributed by atoms with Crippen molar-refractivity contribution in [2.45, 2.75) is 27.2 Å². The Morgan fingerprint density at radius 3 is 2.60 bits per heavy atom. The van der Waals surface area contributed by atoms with Crippen LogP contribution >= 0.6 is 0 Å². The van der Waals surface area contributed by atoms with E-state index < -0.39 is 5.97 Å². The molecule has 0 radical (unpaired) electrons. The molecule has 1 rings (SSSR count). The number of carbonyl (C=O) groups excluding carboxylic acids is 1. The van der Waals surface area contributed by atoms with Gasteiger partial charge in [0, 0.05) is 6.54 Å².